The van der Waals surface area contributed by atoms with E-state index in [1.807, 2.05) is 6.92 Å². The van der Waals surface area contributed by atoms with Crippen LogP contribution in [0.3, 0.4) is 0 Å². The third kappa shape index (κ3) is 3.10. The Kier molecular flexibility index (Phi) is 3.13. The minimum absolute atomic E-state index is 0.154. The molecule has 88 valence electrons. The first-order chi connectivity index (χ1) is 8.13. The minimum Gasteiger partial charge on any atom is -0.347 e. The fourth-order valence-electron chi connectivity index (χ4n) is 1.37. The van der Waals surface area contributed by atoms with Crippen molar-refractivity contribution in [1.29, 1.82) is 0 Å². The van der Waals surface area contributed by atoms with Crippen molar-refractivity contribution >= 4 is 5.95 Å². The molecule has 0 spiro atoms. The Balaban J connectivity index is 2.07. The molecule has 0 unspecified atom stereocenters. The SMILES string of the molecule is Cc1cnc(NCc2nc(C)cc(=O)[nH]2)nc1. The van der Waals surface area contributed by atoms with E-state index >= 15 is 0 Å². The highest BCUT2D eigenvalue weighted by molar-refractivity contribution is 5.24. The number of hydrogen-bond donors (Lipinski definition) is 2. The Morgan fingerprint density at radius 1 is 1.29 bits per heavy atom. The van der Waals surface area contributed by atoms with Gasteiger partial charge < -0.3 is 10.3 Å². The van der Waals surface area contributed by atoms with Crippen LogP contribution in [0.15, 0.2) is 23.3 Å². The van der Waals surface area contributed by atoms with E-state index in [1.54, 1.807) is 19.3 Å². The van der Waals surface area contributed by atoms with Crippen LogP contribution in [0.2, 0.25) is 0 Å². The number of nitrogens with zero attached hydrogens (tertiary/aromatic N) is 3. The van der Waals surface area contributed by atoms with Crippen LogP contribution < -0.4 is 10.9 Å². The maximum absolute atomic E-state index is 11.2. The Morgan fingerprint density at radius 3 is 2.65 bits per heavy atom. The third-order valence-electron chi connectivity index (χ3n) is 2.11. The molecule has 0 aliphatic carbocycles. The number of H-pyrrole nitrogens is 1. The molecule has 6 nitrogen and oxygen atoms in total. The molecule has 6 heteroatoms. The van der Waals surface area contributed by atoms with Gasteiger partial charge in [-0.2, -0.15) is 0 Å². The largest absolute Gasteiger partial charge is 0.347 e. The van der Waals surface area contributed by atoms with Crippen molar-refractivity contribution in [1.82, 2.24) is 19.9 Å². The third-order valence-corrected chi connectivity index (χ3v) is 2.11. The standard InChI is InChI=1S/C11H13N5O/c1-7-4-12-11(13-5-7)14-6-9-15-8(2)3-10(17)16-9/h3-5H,6H2,1-2H3,(H,12,13,14)(H,15,16,17). The van der Waals surface area contributed by atoms with Gasteiger partial charge in [0.1, 0.15) is 5.82 Å². The summed E-state index contributed by atoms with van der Waals surface area (Å²) in [5.74, 6) is 1.08. The Labute approximate surface area is 98.2 Å². The van der Waals surface area contributed by atoms with Gasteiger partial charge in [0.2, 0.25) is 5.95 Å². The molecule has 2 N–H and O–H groups in total. The lowest BCUT2D eigenvalue weighted by Gasteiger charge is -2.04. The van der Waals surface area contributed by atoms with Crippen molar-refractivity contribution in [2.75, 3.05) is 5.32 Å². The zero-order valence-electron chi connectivity index (χ0n) is 9.69. The lowest BCUT2D eigenvalue weighted by Crippen LogP contribution is -2.14. The Bertz CT molecular complexity index is 561. The average Bonchev–Trinajstić information content (AvgIpc) is 2.27. The van der Waals surface area contributed by atoms with E-state index in [4.69, 9.17) is 0 Å². The van der Waals surface area contributed by atoms with Gasteiger partial charge in [-0.05, 0) is 19.4 Å². The van der Waals surface area contributed by atoms with Gasteiger partial charge in [0.15, 0.2) is 0 Å². The predicted molar refractivity (Wildman–Crippen MR) is 63.7 cm³/mol. The van der Waals surface area contributed by atoms with Gasteiger partial charge in [-0.3, -0.25) is 4.79 Å². The van der Waals surface area contributed by atoms with Crippen LogP contribution in [0.1, 0.15) is 17.1 Å². The van der Waals surface area contributed by atoms with Crippen molar-refractivity contribution in [3.8, 4) is 0 Å². The van der Waals surface area contributed by atoms with E-state index < -0.39 is 0 Å². The van der Waals surface area contributed by atoms with Crippen LogP contribution in [-0.4, -0.2) is 19.9 Å². The highest BCUT2D eigenvalue weighted by atomic mass is 16.1. The van der Waals surface area contributed by atoms with Gasteiger partial charge in [0.25, 0.3) is 5.56 Å². The summed E-state index contributed by atoms with van der Waals surface area (Å²) in [5.41, 5.74) is 1.53. The number of nitrogens with one attached hydrogen (secondary N) is 2. The van der Waals surface area contributed by atoms with Crippen LogP contribution in [0.4, 0.5) is 5.95 Å². The smallest absolute Gasteiger partial charge is 0.251 e. The van der Waals surface area contributed by atoms with Crippen molar-refractivity contribution in [2.24, 2.45) is 0 Å². The highest BCUT2D eigenvalue weighted by Gasteiger charge is 1.99. The number of aryl methyl sites for hydroxylation is 2. The molecule has 0 saturated heterocycles. The molecule has 17 heavy (non-hydrogen) atoms. The Morgan fingerprint density at radius 2 is 2.00 bits per heavy atom. The summed E-state index contributed by atoms with van der Waals surface area (Å²) in [4.78, 5) is 26.2. The summed E-state index contributed by atoms with van der Waals surface area (Å²) in [7, 11) is 0. The fourth-order valence-corrected chi connectivity index (χ4v) is 1.37. The van der Waals surface area contributed by atoms with Crippen LogP contribution >= 0.6 is 0 Å². The molecule has 0 atom stereocenters. The summed E-state index contributed by atoms with van der Waals surface area (Å²) < 4.78 is 0. The van der Waals surface area contributed by atoms with Crippen molar-refractivity contribution < 1.29 is 0 Å². The maximum atomic E-state index is 11.2. The lowest BCUT2D eigenvalue weighted by molar-refractivity contribution is 0.893. The second kappa shape index (κ2) is 4.73. The maximum Gasteiger partial charge on any atom is 0.251 e. The highest BCUT2D eigenvalue weighted by Crippen LogP contribution is 2.00. The molecule has 0 radical (unpaired) electrons. The molecule has 0 aromatic carbocycles. The topological polar surface area (TPSA) is 83.6 Å². The van der Waals surface area contributed by atoms with Gasteiger partial charge in [-0.1, -0.05) is 0 Å². The van der Waals surface area contributed by atoms with Crippen LogP contribution in [0.25, 0.3) is 0 Å². The summed E-state index contributed by atoms with van der Waals surface area (Å²) in [6.07, 6.45) is 3.45. The number of anilines is 1. The molecule has 2 aromatic rings. The first kappa shape index (κ1) is 11.3. The molecule has 2 rings (SSSR count). The quantitative estimate of drug-likeness (QED) is 0.815. The van der Waals surface area contributed by atoms with Gasteiger partial charge >= 0.3 is 0 Å². The van der Waals surface area contributed by atoms with E-state index in [2.05, 4.69) is 25.3 Å². The second-order valence-electron chi connectivity index (χ2n) is 3.77. The Hall–Kier alpha value is -2.24. The molecule has 0 aliphatic rings. The van der Waals surface area contributed by atoms with Crippen molar-refractivity contribution in [2.45, 2.75) is 20.4 Å². The monoisotopic (exact) mass is 231 g/mol. The molecular weight excluding hydrogens is 218 g/mol. The zero-order valence-corrected chi connectivity index (χ0v) is 9.69. The number of hydrogen-bond acceptors (Lipinski definition) is 5. The first-order valence-electron chi connectivity index (χ1n) is 5.23. The molecule has 0 aliphatic heterocycles. The van der Waals surface area contributed by atoms with Crippen LogP contribution in [0.5, 0.6) is 0 Å². The van der Waals surface area contributed by atoms with Crippen molar-refractivity contribution in [3.05, 3.63) is 45.9 Å². The molecule has 0 fully saturated rings. The fraction of sp³-hybridized carbons (Fsp3) is 0.273. The zero-order chi connectivity index (χ0) is 12.3. The first-order valence-corrected chi connectivity index (χ1v) is 5.23. The van der Waals surface area contributed by atoms with Crippen LogP contribution in [0, 0.1) is 13.8 Å². The van der Waals surface area contributed by atoms with Gasteiger partial charge in [0, 0.05) is 24.2 Å². The summed E-state index contributed by atoms with van der Waals surface area (Å²) in [6, 6.07) is 1.45. The van der Waals surface area contributed by atoms with Gasteiger partial charge in [-0.15, -0.1) is 0 Å². The van der Waals surface area contributed by atoms with E-state index in [0.717, 1.165) is 5.56 Å². The molecule has 2 heterocycles. The molecule has 0 amide bonds. The average molecular weight is 231 g/mol. The van der Waals surface area contributed by atoms with E-state index in [-0.39, 0.29) is 5.56 Å². The number of aromatic amines is 1. The van der Waals surface area contributed by atoms with Gasteiger partial charge in [0.05, 0.1) is 6.54 Å². The van der Waals surface area contributed by atoms with E-state index in [0.29, 0.717) is 24.0 Å². The summed E-state index contributed by atoms with van der Waals surface area (Å²) in [6.45, 7) is 4.09. The summed E-state index contributed by atoms with van der Waals surface area (Å²) >= 11 is 0. The predicted octanol–water partition coefficient (Wildman–Crippen LogP) is 0.789. The van der Waals surface area contributed by atoms with Crippen molar-refractivity contribution in [3.63, 3.8) is 0 Å². The molecule has 0 bridgehead atoms. The second-order valence-corrected chi connectivity index (χ2v) is 3.77. The molecule has 2 aromatic heterocycles. The van der Waals surface area contributed by atoms with E-state index in [1.165, 1.54) is 6.07 Å². The minimum atomic E-state index is -0.154. The molecule has 0 saturated carbocycles. The summed E-state index contributed by atoms with van der Waals surface area (Å²) in [5, 5.41) is 2.99. The normalized spacial score (nSPS) is 10.2. The lowest BCUT2D eigenvalue weighted by atomic mass is 10.4. The number of rotatable bonds is 3. The van der Waals surface area contributed by atoms with E-state index in [9.17, 15) is 4.79 Å². The van der Waals surface area contributed by atoms with Gasteiger partial charge in [-0.25, -0.2) is 15.0 Å². The number of aromatic nitrogens is 4. The van der Waals surface area contributed by atoms with Crippen LogP contribution in [-0.2, 0) is 6.54 Å². The molecular formula is C11H13N5O.